The van der Waals surface area contributed by atoms with Crippen molar-refractivity contribution in [3.63, 3.8) is 0 Å². The van der Waals surface area contributed by atoms with Crippen LogP contribution in [-0.2, 0) is 4.79 Å². The maximum atomic E-state index is 11.9. The molecule has 1 fully saturated rings. The summed E-state index contributed by atoms with van der Waals surface area (Å²) in [4.78, 5) is 31.2. The lowest BCUT2D eigenvalue weighted by Gasteiger charge is -2.11. The first kappa shape index (κ1) is 19.0. The van der Waals surface area contributed by atoms with Gasteiger partial charge in [0, 0.05) is 22.7 Å². The first-order valence-corrected chi connectivity index (χ1v) is 10.4. The highest BCUT2D eigenvalue weighted by atomic mass is 79.9. The monoisotopic (exact) mass is 436 g/mol. The number of aromatic amines is 1. The van der Waals surface area contributed by atoms with Gasteiger partial charge < -0.3 is 10.3 Å². The summed E-state index contributed by atoms with van der Waals surface area (Å²) in [6.45, 7) is 0. The van der Waals surface area contributed by atoms with E-state index in [1.54, 1.807) is 6.20 Å². The van der Waals surface area contributed by atoms with Gasteiger partial charge in [0.05, 0.1) is 11.9 Å². The number of hydrogen-bond acceptors (Lipinski definition) is 4. The highest BCUT2D eigenvalue weighted by Gasteiger charge is 2.18. The third-order valence-corrected chi connectivity index (χ3v) is 5.64. The second-order valence-corrected chi connectivity index (χ2v) is 8.21. The number of aromatic nitrogens is 2. The number of nitrogens with one attached hydrogen (secondary N) is 3. The number of rotatable bonds is 6. The van der Waals surface area contributed by atoms with Crippen molar-refractivity contribution in [3.05, 3.63) is 34.9 Å². The van der Waals surface area contributed by atoms with Gasteiger partial charge in [0.2, 0.25) is 5.91 Å². The van der Waals surface area contributed by atoms with E-state index in [1.807, 2.05) is 24.3 Å². The van der Waals surface area contributed by atoms with Crippen LogP contribution >= 0.6 is 27.7 Å². The van der Waals surface area contributed by atoms with E-state index in [1.165, 1.54) is 11.8 Å². The number of amides is 3. The molecule has 138 valence electrons. The number of nitrogens with zero attached hydrogens (tertiary/aromatic N) is 1. The highest BCUT2D eigenvalue weighted by Crippen LogP contribution is 2.23. The number of carbonyl (C=O) groups is 2. The number of carbonyl (C=O) groups excluding carboxylic acids is 2. The van der Waals surface area contributed by atoms with Crippen molar-refractivity contribution in [2.24, 2.45) is 0 Å². The van der Waals surface area contributed by atoms with Crippen LogP contribution in [0.1, 0.15) is 32.1 Å². The molecule has 26 heavy (non-hydrogen) atoms. The molecule has 0 radical (unpaired) electrons. The number of thioether (sulfide) groups is 1. The molecule has 0 aliphatic heterocycles. The van der Waals surface area contributed by atoms with Crippen LogP contribution in [-0.4, -0.2) is 33.7 Å². The molecule has 1 aromatic carbocycles. The van der Waals surface area contributed by atoms with Crippen molar-refractivity contribution in [3.8, 4) is 11.3 Å². The molecule has 1 saturated carbocycles. The quantitative estimate of drug-likeness (QED) is 0.595. The Balaban J connectivity index is 1.39. The van der Waals surface area contributed by atoms with Crippen LogP contribution in [0, 0.1) is 0 Å². The van der Waals surface area contributed by atoms with E-state index in [-0.39, 0.29) is 24.4 Å². The molecular formula is C18H21BrN4O2S. The van der Waals surface area contributed by atoms with Crippen LogP contribution in [0.15, 0.2) is 40.1 Å². The van der Waals surface area contributed by atoms with Gasteiger partial charge in [0.15, 0.2) is 5.16 Å². The zero-order chi connectivity index (χ0) is 18.4. The second-order valence-electron chi connectivity index (χ2n) is 6.21. The van der Waals surface area contributed by atoms with Crippen molar-refractivity contribution >= 4 is 39.6 Å². The molecule has 3 N–H and O–H groups in total. The molecule has 0 spiro atoms. The predicted octanol–water partition coefficient (Wildman–Crippen LogP) is 4.09. The number of H-pyrrole nitrogens is 1. The van der Waals surface area contributed by atoms with Crippen molar-refractivity contribution in [1.82, 2.24) is 20.6 Å². The van der Waals surface area contributed by atoms with E-state index in [0.29, 0.717) is 5.75 Å². The Morgan fingerprint density at radius 3 is 2.69 bits per heavy atom. The van der Waals surface area contributed by atoms with Gasteiger partial charge in [-0.25, -0.2) is 9.78 Å². The molecule has 0 bridgehead atoms. The summed E-state index contributed by atoms with van der Waals surface area (Å²) in [6.07, 6.45) is 6.31. The fourth-order valence-electron chi connectivity index (χ4n) is 2.87. The first-order chi connectivity index (χ1) is 12.6. The minimum absolute atomic E-state index is 0.206. The molecule has 0 unspecified atom stereocenters. The SMILES string of the molecule is O=C(CCSc1ncc(-c2ccc(Br)cc2)[nH]1)NC(=O)NC1CCCC1. The van der Waals surface area contributed by atoms with Crippen molar-refractivity contribution in [1.29, 1.82) is 0 Å². The standard InChI is InChI=1S/C18H21BrN4O2S/c19-13-7-5-12(6-8-13)15-11-20-18(22-15)26-10-9-16(24)23-17(25)21-14-3-1-2-4-14/h5-8,11,14H,1-4,9-10H2,(H,20,22)(H2,21,23,24,25). The Hall–Kier alpha value is -1.80. The summed E-state index contributed by atoms with van der Waals surface area (Å²) >= 11 is 4.87. The molecule has 6 nitrogen and oxygen atoms in total. The molecule has 3 rings (SSSR count). The maximum absolute atomic E-state index is 11.9. The molecule has 0 saturated heterocycles. The van der Waals surface area contributed by atoms with E-state index in [2.05, 4.69) is 36.5 Å². The fraction of sp³-hybridized carbons (Fsp3) is 0.389. The molecule has 1 heterocycles. The molecule has 0 atom stereocenters. The van der Waals surface area contributed by atoms with E-state index in [9.17, 15) is 9.59 Å². The minimum Gasteiger partial charge on any atom is -0.335 e. The molecule has 3 amide bonds. The zero-order valence-corrected chi connectivity index (χ0v) is 16.7. The van der Waals surface area contributed by atoms with Gasteiger partial charge in [0.1, 0.15) is 0 Å². The second kappa shape index (κ2) is 9.23. The smallest absolute Gasteiger partial charge is 0.321 e. The average molecular weight is 437 g/mol. The van der Waals surface area contributed by atoms with Gasteiger partial charge in [-0.3, -0.25) is 10.1 Å². The van der Waals surface area contributed by atoms with Gasteiger partial charge in [0.25, 0.3) is 0 Å². The van der Waals surface area contributed by atoms with Crippen LogP contribution in [0.25, 0.3) is 11.3 Å². The number of benzene rings is 1. The summed E-state index contributed by atoms with van der Waals surface area (Å²) in [7, 11) is 0. The summed E-state index contributed by atoms with van der Waals surface area (Å²) in [5.74, 6) is 0.281. The van der Waals surface area contributed by atoms with Crippen LogP contribution in [0.5, 0.6) is 0 Å². The van der Waals surface area contributed by atoms with Crippen molar-refractivity contribution in [2.45, 2.75) is 43.3 Å². The lowest BCUT2D eigenvalue weighted by atomic mass is 10.2. The largest absolute Gasteiger partial charge is 0.335 e. The molecule has 1 aliphatic carbocycles. The zero-order valence-electron chi connectivity index (χ0n) is 14.3. The van der Waals surface area contributed by atoms with Gasteiger partial charge in [-0.1, -0.05) is 52.7 Å². The lowest BCUT2D eigenvalue weighted by Crippen LogP contribution is -2.43. The van der Waals surface area contributed by atoms with Crippen LogP contribution in [0.4, 0.5) is 4.79 Å². The van der Waals surface area contributed by atoms with Crippen molar-refractivity contribution < 1.29 is 9.59 Å². The molecule has 2 aromatic rings. The Morgan fingerprint density at radius 2 is 1.96 bits per heavy atom. The van der Waals surface area contributed by atoms with Crippen molar-refractivity contribution in [2.75, 3.05) is 5.75 Å². The fourth-order valence-corrected chi connectivity index (χ4v) is 3.93. The van der Waals surface area contributed by atoms with Gasteiger partial charge in [-0.2, -0.15) is 0 Å². The Bertz CT molecular complexity index is 757. The maximum Gasteiger partial charge on any atom is 0.321 e. The number of imidazole rings is 1. The number of urea groups is 1. The number of hydrogen-bond donors (Lipinski definition) is 3. The Labute approximate surface area is 165 Å². The highest BCUT2D eigenvalue weighted by molar-refractivity contribution is 9.10. The minimum atomic E-state index is -0.387. The summed E-state index contributed by atoms with van der Waals surface area (Å²) in [6, 6.07) is 7.78. The van der Waals surface area contributed by atoms with E-state index in [4.69, 9.17) is 0 Å². The summed E-state index contributed by atoms with van der Waals surface area (Å²) in [5, 5.41) is 5.99. The third-order valence-electron chi connectivity index (χ3n) is 4.22. The van der Waals surface area contributed by atoms with Crippen LogP contribution < -0.4 is 10.6 Å². The van der Waals surface area contributed by atoms with Gasteiger partial charge in [-0.05, 0) is 30.5 Å². The molecular weight excluding hydrogens is 416 g/mol. The molecule has 1 aliphatic rings. The topological polar surface area (TPSA) is 86.9 Å². The summed E-state index contributed by atoms with van der Waals surface area (Å²) in [5.41, 5.74) is 1.98. The normalized spacial score (nSPS) is 14.3. The van der Waals surface area contributed by atoms with E-state index in [0.717, 1.165) is 46.6 Å². The van der Waals surface area contributed by atoms with Gasteiger partial charge >= 0.3 is 6.03 Å². The lowest BCUT2D eigenvalue weighted by molar-refractivity contribution is -0.119. The number of halogens is 1. The first-order valence-electron chi connectivity index (χ1n) is 8.64. The van der Waals surface area contributed by atoms with Gasteiger partial charge in [-0.15, -0.1) is 0 Å². The average Bonchev–Trinajstić information content (AvgIpc) is 3.27. The summed E-state index contributed by atoms with van der Waals surface area (Å²) < 4.78 is 1.03. The van der Waals surface area contributed by atoms with Crippen LogP contribution in [0.2, 0.25) is 0 Å². The number of imide groups is 1. The molecule has 8 heteroatoms. The molecule has 1 aromatic heterocycles. The Kier molecular flexibility index (Phi) is 6.73. The Morgan fingerprint density at radius 1 is 1.23 bits per heavy atom. The predicted molar refractivity (Wildman–Crippen MR) is 106 cm³/mol. The van der Waals surface area contributed by atoms with Crippen LogP contribution in [0.3, 0.4) is 0 Å². The van der Waals surface area contributed by atoms with E-state index < -0.39 is 0 Å². The third kappa shape index (κ3) is 5.60. The van der Waals surface area contributed by atoms with E-state index >= 15 is 0 Å².